The quantitative estimate of drug-likeness (QED) is 0.456. The van der Waals surface area contributed by atoms with E-state index in [4.69, 9.17) is 0 Å². The fraction of sp³-hybridized carbons (Fsp3) is 0.125. The Morgan fingerprint density at radius 2 is 1.61 bits per heavy atom. The lowest BCUT2D eigenvalue weighted by molar-refractivity contribution is -0.113. The fourth-order valence-corrected chi connectivity index (χ4v) is 3.69. The van der Waals surface area contributed by atoms with Crippen LogP contribution in [0.5, 0.6) is 0 Å². The molecule has 3 aromatic carbocycles. The summed E-state index contributed by atoms with van der Waals surface area (Å²) < 4.78 is 0. The van der Waals surface area contributed by atoms with Gasteiger partial charge in [-0.25, -0.2) is 4.79 Å². The first-order valence-corrected chi connectivity index (χ1v) is 10.6. The smallest absolute Gasteiger partial charge is 0.336 e. The van der Waals surface area contributed by atoms with E-state index in [1.54, 1.807) is 30.3 Å². The molecule has 3 rings (SSSR count). The molecule has 0 aliphatic heterocycles. The van der Waals surface area contributed by atoms with E-state index in [1.807, 2.05) is 38.1 Å². The van der Waals surface area contributed by atoms with Crippen LogP contribution in [0.1, 0.15) is 31.8 Å². The van der Waals surface area contributed by atoms with Crippen LogP contribution < -0.4 is 10.6 Å². The summed E-state index contributed by atoms with van der Waals surface area (Å²) in [5.74, 6) is -1.58. The summed E-state index contributed by atoms with van der Waals surface area (Å²) in [6, 6.07) is 19.0. The standard InChI is InChI=1S/C24H22N2O4S/c1-15-10-11-16(2)21(12-15)26-22(27)14-31-18-7-5-6-17(13-18)25-23(28)19-8-3-4-9-20(19)24(29)30/h3-13H,14H2,1-2H3,(H,25,28)(H,26,27)(H,29,30). The van der Waals surface area contributed by atoms with Crippen molar-refractivity contribution in [2.75, 3.05) is 16.4 Å². The number of aryl methyl sites for hydroxylation is 2. The van der Waals surface area contributed by atoms with Crippen molar-refractivity contribution in [2.24, 2.45) is 0 Å². The van der Waals surface area contributed by atoms with Crippen LogP contribution in [-0.2, 0) is 4.79 Å². The van der Waals surface area contributed by atoms with E-state index in [1.165, 1.54) is 23.9 Å². The number of carboxylic acid groups (broad SMARTS) is 1. The summed E-state index contributed by atoms with van der Waals surface area (Å²) in [7, 11) is 0. The molecule has 0 saturated carbocycles. The molecule has 0 spiro atoms. The summed E-state index contributed by atoms with van der Waals surface area (Å²) in [4.78, 5) is 37.0. The molecule has 0 aliphatic rings. The second-order valence-corrected chi connectivity index (χ2v) is 8.04. The Bertz CT molecular complexity index is 1140. The van der Waals surface area contributed by atoms with Crippen molar-refractivity contribution in [1.29, 1.82) is 0 Å². The maximum Gasteiger partial charge on any atom is 0.336 e. The number of carboxylic acids is 1. The monoisotopic (exact) mass is 434 g/mol. The van der Waals surface area contributed by atoms with Gasteiger partial charge in [-0.15, -0.1) is 11.8 Å². The maximum atomic E-state index is 12.5. The van der Waals surface area contributed by atoms with Crippen LogP contribution in [-0.4, -0.2) is 28.6 Å². The third-order valence-corrected chi connectivity index (χ3v) is 5.52. The Morgan fingerprint density at radius 3 is 2.35 bits per heavy atom. The molecule has 3 aromatic rings. The molecular formula is C24H22N2O4S. The first kappa shape index (κ1) is 22.1. The number of carbonyl (C=O) groups excluding carboxylic acids is 2. The van der Waals surface area contributed by atoms with Crippen molar-refractivity contribution >= 4 is 40.9 Å². The van der Waals surface area contributed by atoms with Gasteiger partial charge in [-0.05, 0) is 61.4 Å². The average molecular weight is 435 g/mol. The van der Waals surface area contributed by atoms with Crippen LogP contribution in [0.25, 0.3) is 0 Å². The fourth-order valence-electron chi connectivity index (χ4n) is 2.94. The largest absolute Gasteiger partial charge is 0.478 e. The van der Waals surface area contributed by atoms with Crippen molar-refractivity contribution in [1.82, 2.24) is 0 Å². The van der Waals surface area contributed by atoms with Crippen LogP contribution in [0.3, 0.4) is 0 Å². The molecule has 2 amide bonds. The molecule has 7 heteroatoms. The minimum Gasteiger partial charge on any atom is -0.478 e. The first-order chi connectivity index (χ1) is 14.8. The Hall–Kier alpha value is -3.58. The van der Waals surface area contributed by atoms with Gasteiger partial charge in [0.2, 0.25) is 5.91 Å². The summed E-state index contributed by atoms with van der Waals surface area (Å²) >= 11 is 1.35. The lowest BCUT2D eigenvalue weighted by Gasteiger charge is -2.10. The third-order valence-electron chi connectivity index (χ3n) is 4.53. The van der Waals surface area contributed by atoms with E-state index in [0.717, 1.165) is 21.7 Å². The Morgan fingerprint density at radius 1 is 0.871 bits per heavy atom. The SMILES string of the molecule is Cc1ccc(C)c(NC(=O)CSc2cccc(NC(=O)c3ccccc3C(=O)O)c2)c1. The molecule has 0 bridgehead atoms. The summed E-state index contributed by atoms with van der Waals surface area (Å²) in [5, 5.41) is 14.9. The van der Waals surface area contributed by atoms with Gasteiger partial charge in [0.1, 0.15) is 0 Å². The number of thioether (sulfide) groups is 1. The van der Waals surface area contributed by atoms with Crippen molar-refractivity contribution in [3.63, 3.8) is 0 Å². The third kappa shape index (κ3) is 5.96. The minimum atomic E-state index is -1.16. The van der Waals surface area contributed by atoms with Crippen LogP contribution in [0, 0.1) is 13.8 Å². The maximum absolute atomic E-state index is 12.5. The summed E-state index contributed by atoms with van der Waals surface area (Å²) in [6.45, 7) is 3.91. The summed E-state index contributed by atoms with van der Waals surface area (Å²) in [5.41, 5.74) is 3.40. The minimum absolute atomic E-state index is 0.0614. The molecule has 31 heavy (non-hydrogen) atoms. The number of carbonyl (C=O) groups is 3. The average Bonchev–Trinajstić information content (AvgIpc) is 2.75. The lowest BCUT2D eigenvalue weighted by atomic mass is 10.1. The van der Waals surface area contributed by atoms with E-state index in [2.05, 4.69) is 10.6 Å². The number of aromatic carboxylic acids is 1. The zero-order valence-electron chi connectivity index (χ0n) is 17.1. The van der Waals surface area contributed by atoms with Crippen LogP contribution in [0.15, 0.2) is 71.6 Å². The second kappa shape index (κ2) is 9.95. The molecule has 0 atom stereocenters. The van der Waals surface area contributed by atoms with Gasteiger partial charge < -0.3 is 15.7 Å². The lowest BCUT2D eigenvalue weighted by Crippen LogP contribution is -2.16. The van der Waals surface area contributed by atoms with Crippen LogP contribution >= 0.6 is 11.8 Å². The molecule has 0 radical (unpaired) electrons. The molecule has 0 heterocycles. The van der Waals surface area contributed by atoms with Gasteiger partial charge in [0, 0.05) is 16.3 Å². The number of nitrogens with one attached hydrogen (secondary N) is 2. The highest BCUT2D eigenvalue weighted by Gasteiger charge is 2.16. The van der Waals surface area contributed by atoms with Gasteiger partial charge in [0.25, 0.3) is 5.91 Å². The highest BCUT2D eigenvalue weighted by molar-refractivity contribution is 8.00. The van der Waals surface area contributed by atoms with Gasteiger partial charge in [-0.1, -0.05) is 30.3 Å². The highest BCUT2D eigenvalue weighted by Crippen LogP contribution is 2.23. The predicted molar refractivity (Wildman–Crippen MR) is 123 cm³/mol. The molecule has 0 unspecified atom stereocenters. The van der Waals surface area contributed by atoms with Crippen molar-refractivity contribution < 1.29 is 19.5 Å². The number of hydrogen-bond donors (Lipinski definition) is 3. The van der Waals surface area contributed by atoms with Gasteiger partial charge >= 0.3 is 5.97 Å². The van der Waals surface area contributed by atoms with Crippen LogP contribution in [0.4, 0.5) is 11.4 Å². The summed E-state index contributed by atoms with van der Waals surface area (Å²) in [6.07, 6.45) is 0. The Labute approximate surface area is 184 Å². The number of benzene rings is 3. The van der Waals surface area contributed by atoms with E-state index in [-0.39, 0.29) is 22.8 Å². The number of anilines is 2. The zero-order chi connectivity index (χ0) is 22.4. The normalized spacial score (nSPS) is 10.4. The zero-order valence-corrected chi connectivity index (χ0v) is 18.0. The molecule has 3 N–H and O–H groups in total. The van der Waals surface area contributed by atoms with Gasteiger partial charge in [0.15, 0.2) is 0 Å². The molecule has 0 aliphatic carbocycles. The van der Waals surface area contributed by atoms with Gasteiger partial charge in [0.05, 0.1) is 16.9 Å². The first-order valence-electron chi connectivity index (χ1n) is 9.57. The highest BCUT2D eigenvalue weighted by atomic mass is 32.2. The topological polar surface area (TPSA) is 95.5 Å². The van der Waals surface area contributed by atoms with Crippen molar-refractivity contribution in [2.45, 2.75) is 18.7 Å². The van der Waals surface area contributed by atoms with E-state index < -0.39 is 11.9 Å². The van der Waals surface area contributed by atoms with E-state index >= 15 is 0 Å². The van der Waals surface area contributed by atoms with Gasteiger partial charge in [-0.2, -0.15) is 0 Å². The molecule has 0 saturated heterocycles. The van der Waals surface area contributed by atoms with Crippen molar-refractivity contribution in [3.05, 3.63) is 89.0 Å². The van der Waals surface area contributed by atoms with E-state index in [0.29, 0.717) is 5.69 Å². The Kier molecular flexibility index (Phi) is 7.10. The molecule has 158 valence electrons. The predicted octanol–water partition coefficient (Wildman–Crippen LogP) is 4.98. The van der Waals surface area contributed by atoms with Crippen molar-refractivity contribution in [3.8, 4) is 0 Å². The second-order valence-electron chi connectivity index (χ2n) is 6.99. The molecule has 0 fully saturated rings. The number of rotatable bonds is 7. The molecular weight excluding hydrogens is 412 g/mol. The molecule has 6 nitrogen and oxygen atoms in total. The van der Waals surface area contributed by atoms with Crippen LogP contribution in [0.2, 0.25) is 0 Å². The van der Waals surface area contributed by atoms with Gasteiger partial charge in [-0.3, -0.25) is 9.59 Å². The van der Waals surface area contributed by atoms with E-state index in [9.17, 15) is 19.5 Å². The molecule has 0 aromatic heterocycles. The number of amides is 2. The Balaban J connectivity index is 1.63. The number of hydrogen-bond acceptors (Lipinski definition) is 4.